The fourth-order valence-electron chi connectivity index (χ4n) is 0.816. The van der Waals surface area contributed by atoms with E-state index < -0.39 is 0 Å². The molecule has 0 aliphatic heterocycles. The zero-order valence-corrected chi connectivity index (χ0v) is 7.56. The van der Waals surface area contributed by atoms with Crippen LogP contribution in [0, 0.1) is 0 Å². The van der Waals surface area contributed by atoms with Gasteiger partial charge >= 0.3 is 0 Å². The van der Waals surface area contributed by atoms with Gasteiger partial charge in [-0.25, -0.2) is 0 Å². The molecular weight excluding hydrogens is 174 g/mol. The van der Waals surface area contributed by atoms with Crippen LogP contribution in [0.15, 0.2) is 24.3 Å². The van der Waals surface area contributed by atoms with E-state index in [4.69, 9.17) is 11.6 Å². The van der Waals surface area contributed by atoms with Crippen molar-refractivity contribution in [1.82, 2.24) is 0 Å². The van der Waals surface area contributed by atoms with Gasteiger partial charge in [-0.05, 0) is 18.2 Å². The van der Waals surface area contributed by atoms with Crippen LogP contribution in [0.4, 0.5) is 5.69 Å². The molecule has 0 aromatic heterocycles. The smallest absolute Gasteiger partial charge is 0.224 e. The van der Waals surface area contributed by atoms with E-state index in [9.17, 15) is 4.79 Å². The van der Waals surface area contributed by atoms with E-state index in [1.807, 2.05) is 0 Å². The molecule has 1 aromatic carbocycles. The summed E-state index contributed by atoms with van der Waals surface area (Å²) in [6.45, 7) is 1.81. The van der Waals surface area contributed by atoms with Crippen LogP contribution in [-0.2, 0) is 4.79 Å². The molecule has 64 valence electrons. The van der Waals surface area contributed by atoms with Gasteiger partial charge in [-0.3, -0.25) is 4.79 Å². The van der Waals surface area contributed by atoms with Crippen molar-refractivity contribution in [3.63, 3.8) is 0 Å². The second-order valence-corrected chi connectivity index (χ2v) is 2.85. The predicted octanol–water partition coefficient (Wildman–Crippen LogP) is 2.69. The minimum atomic E-state index is -0.00253. The highest BCUT2D eigenvalue weighted by Crippen LogP contribution is 2.14. The lowest BCUT2D eigenvalue weighted by atomic mass is 10.3. The molecule has 0 bridgehead atoms. The number of benzene rings is 1. The van der Waals surface area contributed by atoms with Gasteiger partial charge in [-0.1, -0.05) is 24.6 Å². The minimum Gasteiger partial charge on any atom is -0.326 e. The van der Waals surface area contributed by atoms with Gasteiger partial charge in [-0.2, -0.15) is 0 Å². The summed E-state index contributed by atoms with van der Waals surface area (Å²) in [4.78, 5) is 10.9. The topological polar surface area (TPSA) is 29.1 Å². The Bertz CT molecular complexity index is 286. The number of anilines is 1. The average Bonchev–Trinajstić information content (AvgIpc) is 2.04. The molecule has 0 spiro atoms. The molecule has 0 unspecified atom stereocenters. The molecule has 3 heteroatoms. The lowest BCUT2D eigenvalue weighted by molar-refractivity contribution is -0.115. The first-order valence-electron chi connectivity index (χ1n) is 3.78. The molecule has 1 aromatic rings. The molecule has 0 aliphatic rings. The van der Waals surface area contributed by atoms with Crippen molar-refractivity contribution < 1.29 is 4.79 Å². The highest BCUT2D eigenvalue weighted by molar-refractivity contribution is 6.30. The summed E-state index contributed by atoms with van der Waals surface area (Å²) in [5, 5.41) is 3.34. The maximum Gasteiger partial charge on any atom is 0.224 e. The Morgan fingerprint density at radius 2 is 2.33 bits per heavy atom. The predicted molar refractivity (Wildman–Crippen MR) is 50.4 cm³/mol. The molecule has 0 atom stereocenters. The number of rotatable bonds is 2. The van der Waals surface area contributed by atoms with Crippen LogP contribution in [0.1, 0.15) is 13.3 Å². The number of hydrogen-bond acceptors (Lipinski definition) is 1. The SMILES string of the molecule is CCC(=O)Nc1cccc(Cl)c1. The number of carbonyl (C=O) groups excluding carboxylic acids is 1. The zero-order chi connectivity index (χ0) is 8.97. The van der Waals surface area contributed by atoms with Gasteiger partial charge in [-0.15, -0.1) is 0 Å². The quantitative estimate of drug-likeness (QED) is 0.751. The largest absolute Gasteiger partial charge is 0.326 e. The monoisotopic (exact) mass is 183 g/mol. The van der Waals surface area contributed by atoms with Gasteiger partial charge in [0.25, 0.3) is 0 Å². The summed E-state index contributed by atoms with van der Waals surface area (Å²) >= 11 is 5.72. The van der Waals surface area contributed by atoms with E-state index in [1.54, 1.807) is 31.2 Å². The Morgan fingerprint density at radius 1 is 1.58 bits per heavy atom. The fraction of sp³-hybridized carbons (Fsp3) is 0.222. The van der Waals surface area contributed by atoms with E-state index in [0.717, 1.165) is 5.69 Å². The number of hydrogen-bond donors (Lipinski definition) is 1. The second kappa shape index (κ2) is 4.12. The summed E-state index contributed by atoms with van der Waals surface area (Å²) in [5.74, 6) is -0.00253. The van der Waals surface area contributed by atoms with Crippen molar-refractivity contribution in [3.05, 3.63) is 29.3 Å². The third kappa shape index (κ3) is 2.55. The number of amides is 1. The van der Waals surface area contributed by atoms with Crippen molar-refractivity contribution in [2.24, 2.45) is 0 Å². The minimum absolute atomic E-state index is 0.00253. The second-order valence-electron chi connectivity index (χ2n) is 2.41. The van der Waals surface area contributed by atoms with Gasteiger partial charge in [0, 0.05) is 17.1 Å². The number of carbonyl (C=O) groups is 1. The molecule has 0 saturated heterocycles. The summed E-state index contributed by atoms with van der Waals surface area (Å²) in [6.07, 6.45) is 0.479. The maximum atomic E-state index is 10.9. The molecule has 0 heterocycles. The van der Waals surface area contributed by atoms with Gasteiger partial charge in [0.05, 0.1) is 0 Å². The molecule has 0 fully saturated rings. The van der Waals surface area contributed by atoms with E-state index >= 15 is 0 Å². The average molecular weight is 184 g/mol. The van der Waals surface area contributed by atoms with Crippen molar-refractivity contribution in [3.8, 4) is 0 Å². The standard InChI is InChI=1S/C9H10ClNO/c1-2-9(12)11-8-5-3-4-7(10)6-8/h3-6H,2H2,1H3,(H,11,12). The van der Waals surface area contributed by atoms with Gasteiger partial charge in [0.2, 0.25) is 5.91 Å². The van der Waals surface area contributed by atoms with Gasteiger partial charge in [0.15, 0.2) is 0 Å². The summed E-state index contributed by atoms with van der Waals surface area (Å²) in [6, 6.07) is 7.09. The third-order valence-electron chi connectivity index (χ3n) is 1.43. The molecule has 0 saturated carbocycles. The Hall–Kier alpha value is -1.02. The highest BCUT2D eigenvalue weighted by atomic mass is 35.5. The maximum absolute atomic E-state index is 10.9. The van der Waals surface area contributed by atoms with Crippen molar-refractivity contribution in [2.45, 2.75) is 13.3 Å². The van der Waals surface area contributed by atoms with Crippen LogP contribution < -0.4 is 5.32 Å². The van der Waals surface area contributed by atoms with Gasteiger partial charge < -0.3 is 5.32 Å². The number of nitrogens with one attached hydrogen (secondary N) is 1. The summed E-state index contributed by atoms with van der Waals surface area (Å²) in [7, 11) is 0. The van der Waals surface area contributed by atoms with Gasteiger partial charge in [0.1, 0.15) is 0 Å². The summed E-state index contributed by atoms with van der Waals surface area (Å²) in [5.41, 5.74) is 0.745. The Morgan fingerprint density at radius 3 is 2.92 bits per heavy atom. The van der Waals surface area contributed by atoms with Crippen molar-refractivity contribution in [1.29, 1.82) is 0 Å². The van der Waals surface area contributed by atoms with Crippen LogP contribution in [-0.4, -0.2) is 5.91 Å². The van der Waals surface area contributed by atoms with Crippen molar-refractivity contribution >= 4 is 23.2 Å². The first-order chi connectivity index (χ1) is 5.72. The Balaban J connectivity index is 2.69. The number of halogens is 1. The first-order valence-corrected chi connectivity index (χ1v) is 4.15. The van der Waals surface area contributed by atoms with E-state index in [2.05, 4.69) is 5.32 Å². The molecule has 1 rings (SSSR count). The Kier molecular flexibility index (Phi) is 3.11. The van der Waals surface area contributed by atoms with Crippen LogP contribution in [0.25, 0.3) is 0 Å². The van der Waals surface area contributed by atoms with Crippen LogP contribution in [0.5, 0.6) is 0 Å². The third-order valence-corrected chi connectivity index (χ3v) is 1.66. The lowest BCUT2D eigenvalue weighted by Crippen LogP contribution is -2.08. The molecule has 1 N–H and O–H groups in total. The highest BCUT2D eigenvalue weighted by Gasteiger charge is 1.97. The Labute approximate surface area is 76.5 Å². The lowest BCUT2D eigenvalue weighted by Gasteiger charge is -2.02. The normalized spacial score (nSPS) is 9.50. The first kappa shape index (κ1) is 9.07. The van der Waals surface area contributed by atoms with Crippen molar-refractivity contribution in [2.75, 3.05) is 5.32 Å². The molecular formula is C9H10ClNO. The molecule has 12 heavy (non-hydrogen) atoms. The van der Waals surface area contributed by atoms with Crippen LogP contribution >= 0.6 is 11.6 Å². The van der Waals surface area contributed by atoms with Crippen LogP contribution in [0.3, 0.4) is 0 Å². The van der Waals surface area contributed by atoms with E-state index in [-0.39, 0.29) is 5.91 Å². The van der Waals surface area contributed by atoms with E-state index in [1.165, 1.54) is 0 Å². The van der Waals surface area contributed by atoms with E-state index in [0.29, 0.717) is 11.4 Å². The molecule has 1 amide bonds. The zero-order valence-electron chi connectivity index (χ0n) is 6.80. The fourth-order valence-corrected chi connectivity index (χ4v) is 1.01. The molecule has 2 nitrogen and oxygen atoms in total. The van der Waals surface area contributed by atoms with Crippen LogP contribution in [0.2, 0.25) is 5.02 Å². The molecule has 0 aliphatic carbocycles. The molecule has 0 radical (unpaired) electrons. The summed E-state index contributed by atoms with van der Waals surface area (Å²) < 4.78 is 0.